The van der Waals surface area contributed by atoms with Crippen LogP contribution in [0.1, 0.15) is 23.7 Å². The fraction of sp³-hybridized carbons (Fsp3) is 0.389. The van der Waals surface area contributed by atoms with E-state index in [2.05, 4.69) is 31.7 Å². The highest BCUT2D eigenvalue weighted by Crippen LogP contribution is 2.29. The summed E-state index contributed by atoms with van der Waals surface area (Å²) in [4.78, 5) is 21.2. The molecular formula is C18H21N5OS2. The van der Waals surface area contributed by atoms with Gasteiger partial charge in [-0.15, -0.1) is 11.3 Å². The predicted octanol–water partition coefficient (Wildman–Crippen LogP) is 3.65. The van der Waals surface area contributed by atoms with Gasteiger partial charge in [-0.1, -0.05) is 12.1 Å². The molecular weight excluding hydrogens is 366 g/mol. The van der Waals surface area contributed by atoms with E-state index in [1.807, 2.05) is 36.3 Å². The number of benzene rings is 1. The Balaban J connectivity index is 1.36. The molecule has 1 atom stereocenters. The molecule has 1 N–H and O–H groups in total. The van der Waals surface area contributed by atoms with Crippen LogP contribution in [0.15, 0.2) is 29.6 Å². The highest BCUT2D eigenvalue weighted by molar-refractivity contribution is 7.13. The molecule has 0 radical (unpaired) electrons. The number of rotatable bonds is 3. The lowest BCUT2D eigenvalue weighted by Crippen LogP contribution is -2.52. The van der Waals surface area contributed by atoms with E-state index in [0.717, 1.165) is 29.6 Å². The van der Waals surface area contributed by atoms with Gasteiger partial charge in [-0.25, -0.2) is 9.78 Å². The number of nitrogens with zero attached hydrogens (tertiary/aromatic N) is 4. The van der Waals surface area contributed by atoms with E-state index < -0.39 is 0 Å². The first-order valence-corrected chi connectivity index (χ1v) is 10.3. The summed E-state index contributed by atoms with van der Waals surface area (Å²) in [5.41, 5.74) is 0.924. The Morgan fingerprint density at radius 2 is 2.00 bits per heavy atom. The molecule has 1 aromatic carbocycles. The van der Waals surface area contributed by atoms with Crippen molar-refractivity contribution in [2.24, 2.45) is 0 Å². The van der Waals surface area contributed by atoms with Crippen LogP contribution in [-0.2, 0) is 0 Å². The number of carbonyl (C=O) groups excluding carboxylic acids is 1. The molecule has 6 nitrogen and oxygen atoms in total. The molecule has 1 saturated heterocycles. The number of anilines is 1. The average molecular weight is 388 g/mol. The maximum absolute atomic E-state index is 12.6. The molecule has 1 aliphatic rings. The van der Waals surface area contributed by atoms with Crippen molar-refractivity contribution in [2.75, 3.05) is 31.1 Å². The van der Waals surface area contributed by atoms with E-state index in [9.17, 15) is 4.79 Å². The molecule has 0 spiro atoms. The van der Waals surface area contributed by atoms with Gasteiger partial charge in [0, 0.05) is 36.9 Å². The number of aromatic nitrogens is 2. The van der Waals surface area contributed by atoms with Crippen LogP contribution in [-0.4, -0.2) is 46.5 Å². The van der Waals surface area contributed by atoms with Crippen molar-refractivity contribution in [1.29, 1.82) is 0 Å². The first-order valence-electron chi connectivity index (χ1n) is 8.68. The highest BCUT2D eigenvalue weighted by Gasteiger charge is 2.25. The normalized spacial score (nSPS) is 16.1. The Bertz CT molecular complexity index is 913. The number of thiazole rings is 1. The van der Waals surface area contributed by atoms with Gasteiger partial charge in [-0.05, 0) is 37.5 Å². The number of amides is 2. The zero-order chi connectivity index (χ0) is 18.1. The minimum absolute atomic E-state index is 0.0223. The summed E-state index contributed by atoms with van der Waals surface area (Å²) < 4.78 is 5.82. The third-order valence-corrected chi connectivity index (χ3v) is 6.25. The van der Waals surface area contributed by atoms with Crippen LogP contribution >= 0.6 is 22.9 Å². The van der Waals surface area contributed by atoms with Crippen LogP contribution in [0.5, 0.6) is 0 Å². The van der Waals surface area contributed by atoms with Crippen LogP contribution in [0.3, 0.4) is 0 Å². The molecule has 2 aromatic heterocycles. The third-order valence-electron chi connectivity index (χ3n) is 4.65. The summed E-state index contributed by atoms with van der Waals surface area (Å²) in [6, 6.07) is 8.20. The van der Waals surface area contributed by atoms with Gasteiger partial charge in [-0.3, -0.25) is 0 Å². The van der Waals surface area contributed by atoms with Gasteiger partial charge in [0.05, 0.1) is 21.4 Å². The molecule has 8 heteroatoms. The maximum Gasteiger partial charge on any atom is 0.318 e. The van der Waals surface area contributed by atoms with Crippen molar-refractivity contribution >= 4 is 44.8 Å². The number of carbonyl (C=O) groups is 1. The van der Waals surface area contributed by atoms with E-state index in [-0.39, 0.29) is 12.1 Å². The first kappa shape index (κ1) is 17.2. The summed E-state index contributed by atoms with van der Waals surface area (Å²) in [6.07, 6.45) is 0. The molecule has 0 bridgehead atoms. The second-order valence-corrected chi connectivity index (χ2v) is 8.31. The summed E-state index contributed by atoms with van der Waals surface area (Å²) in [7, 11) is 0. The Morgan fingerprint density at radius 1 is 1.23 bits per heavy atom. The lowest BCUT2D eigenvalue weighted by molar-refractivity contribution is 0.191. The second-order valence-electron chi connectivity index (χ2n) is 6.44. The molecule has 0 unspecified atom stereocenters. The van der Waals surface area contributed by atoms with E-state index >= 15 is 0 Å². The largest absolute Gasteiger partial charge is 0.352 e. The fourth-order valence-corrected chi connectivity index (χ4v) is 4.65. The SMILES string of the molecule is Cc1nc([C@@H](C)NC(=O)N2CCN(c3nsc4ccccc34)CC2)cs1. The molecule has 3 aromatic rings. The quantitative estimate of drug-likeness (QED) is 0.745. The van der Waals surface area contributed by atoms with Crippen molar-refractivity contribution < 1.29 is 4.79 Å². The fourth-order valence-electron chi connectivity index (χ4n) is 3.15. The standard InChI is InChI=1S/C18H21N5OS2/c1-12(15-11-25-13(2)20-15)19-18(24)23-9-7-22(8-10-23)17-14-5-3-4-6-16(14)26-21-17/h3-6,11-12H,7-10H2,1-2H3,(H,19,24)/t12-/m1/s1. The molecule has 4 rings (SSSR count). The number of hydrogen-bond donors (Lipinski definition) is 1. The Hall–Kier alpha value is -2.19. The summed E-state index contributed by atoms with van der Waals surface area (Å²) in [6.45, 7) is 6.94. The summed E-state index contributed by atoms with van der Waals surface area (Å²) >= 11 is 3.14. The van der Waals surface area contributed by atoms with Crippen LogP contribution in [0, 0.1) is 6.92 Å². The number of aryl methyl sites for hydroxylation is 1. The van der Waals surface area contributed by atoms with Crippen molar-refractivity contribution in [1.82, 2.24) is 19.6 Å². The second kappa shape index (κ2) is 7.20. The van der Waals surface area contributed by atoms with Crippen molar-refractivity contribution in [3.8, 4) is 0 Å². The van der Waals surface area contributed by atoms with E-state index in [1.165, 1.54) is 21.6 Å². The minimum Gasteiger partial charge on any atom is -0.352 e. The van der Waals surface area contributed by atoms with Crippen LogP contribution < -0.4 is 10.2 Å². The lowest BCUT2D eigenvalue weighted by atomic mass is 10.2. The lowest BCUT2D eigenvalue weighted by Gasteiger charge is -2.35. The van der Waals surface area contributed by atoms with E-state index in [4.69, 9.17) is 0 Å². The van der Waals surface area contributed by atoms with Crippen molar-refractivity contribution in [3.05, 3.63) is 40.3 Å². The number of piperazine rings is 1. The zero-order valence-corrected chi connectivity index (χ0v) is 16.4. The smallest absolute Gasteiger partial charge is 0.318 e. The zero-order valence-electron chi connectivity index (χ0n) is 14.8. The number of hydrogen-bond acceptors (Lipinski definition) is 6. The van der Waals surface area contributed by atoms with E-state index in [1.54, 1.807) is 11.3 Å². The molecule has 26 heavy (non-hydrogen) atoms. The molecule has 1 fully saturated rings. The molecule has 136 valence electrons. The topological polar surface area (TPSA) is 61.4 Å². The Kier molecular flexibility index (Phi) is 4.78. The predicted molar refractivity (Wildman–Crippen MR) is 107 cm³/mol. The highest BCUT2D eigenvalue weighted by atomic mass is 32.1. The van der Waals surface area contributed by atoms with Crippen LogP contribution in [0.4, 0.5) is 10.6 Å². The van der Waals surface area contributed by atoms with Crippen LogP contribution in [0.25, 0.3) is 10.1 Å². The van der Waals surface area contributed by atoms with Gasteiger partial charge in [0.25, 0.3) is 0 Å². The monoisotopic (exact) mass is 387 g/mol. The minimum atomic E-state index is -0.0760. The molecule has 1 aliphatic heterocycles. The molecule has 3 heterocycles. The van der Waals surface area contributed by atoms with Crippen molar-refractivity contribution in [3.63, 3.8) is 0 Å². The van der Waals surface area contributed by atoms with Crippen LogP contribution in [0.2, 0.25) is 0 Å². The van der Waals surface area contributed by atoms with Gasteiger partial charge in [0.1, 0.15) is 5.82 Å². The Morgan fingerprint density at radius 3 is 2.73 bits per heavy atom. The molecule has 0 saturated carbocycles. The van der Waals surface area contributed by atoms with Crippen molar-refractivity contribution in [2.45, 2.75) is 19.9 Å². The number of urea groups is 1. The molecule has 0 aliphatic carbocycles. The molecule has 2 amide bonds. The number of nitrogens with one attached hydrogen (secondary N) is 1. The number of fused-ring (bicyclic) bond motifs is 1. The average Bonchev–Trinajstić information content (AvgIpc) is 3.28. The van der Waals surface area contributed by atoms with Gasteiger partial charge in [0.2, 0.25) is 0 Å². The maximum atomic E-state index is 12.6. The van der Waals surface area contributed by atoms with Gasteiger partial charge >= 0.3 is 6.03 Å². The summed E-state index contributed by atoms with van der Waals surface area (Å²) in [5, 5.41) is 7.28. The third kappa shape index (κ3) is 3.39. The van der Waals surface area contributed by atoms with Gasteiger partial charge in [-0.2, -0.15) is 4.37 Å². The Labute approximate surface area is 160 Å². The first-order chi connectivity index (χ1) is 12.6. The summed E-state index contributed by atoms with van der Waals surface area (Å²) in [5.74, 6) is 1.04. The van der Waals surface area contributed by atoms with E-state index in [0.29, 0.717) is 13.1 Å². The van der Waals surface area contributed by atoms with Gasteiger partial charge < -0.3 is 15.1 Å². The van der Waals surface area contributed by atoms with Gasteiger partial charge in [0.15, 0.2) is 0 Å².